The van der Waals surface area contributed by atoms with Crippen LogP contribution in [0.4, 0.5) is 0 Å². The van der Waals surface area contributed by atoms with Crippen molar-refractivity contribution in [1.82, 2.24) is 5.43 Å². The van der Waals surface area contributed by atoms with Gasteiger partial charge in [0.05, 0.1) is 0 Å². The Labute approximate surface area is 96.7 Å². The fourth-order valence-electron chi connectivity index (χ4n) is 3.19. The maximum absolute atomic E-state index is 11.9. The third-order valence-electron chi connectivity index (χ3n) is 4.47. The van der Waals surface area contributed by atoms with Gasteiger partial charge in [0.25, 0.3) is 0 Å². The number of carbonyl (C=O) groups is 1. The molecule has 0 bridgehead atoms. The zero-order chi connectivity index (χ0) is 11.1. The van der Waals surface area contributed by atoms with Crippen LogP contribution in [-0.4, -0.2) is 11.6 Å². The second-order valence-corrected chi connectivity index (χ2v) is 5.64. The van der Waals surface area contributed by atoms with E-state index < -0.39 is 0 Å². The maximum Gasteiger partial charge on any atom is 0.243 e. The lowest BCUT2D eigenvalue weighted by Crippen LogP contribution is -2.22. The Balaban J connectivity index is 1.52. The Morgan fingerprint density at radius 2 is 1.75 bits per heavy atom. The molecule has 1 amide bonds. The molecule has 3 aliphatic rings. The van der Waals surface area contributed by atoms with Crippen LogP contribution in [0.25, 0.3) is 0 Å². The zero-order valence-corrected chi connectivity index (χ0v) is 9.91. The van der Waals surface area contributed by atoms with E-state index in [1.807, 2.05) is 6.92 Å². The highest BCUT2D eigenvalue weighted by Crippen LogP contribution is 2.55. The molecule has 2 atom stereocenters. The molecule has 0 heterocycles. The van der Waals surface area contributed by atoms with Crippen molar-refractivity contribution in [2.75, 3.05) is 0 Å². The number of nitrogens with one attached hydrogen (secondary N) is 1. The first-order valence-electron chi connectivity index (χ1n) is 6.61. The molecule has 0 radical (unpaired) electrons. The summed E-state index contributed by atoms with van der Waals surface area (Å²) in [7, 11) is 0. The van der Waals surface area contributed by atoms with Crippen molar-refractivity contribution in [1.29, 1.82) is 0 Å². The number of carbonyl (C=O) groups excluding carboxylic acids is 1. The molecule has 2 unspecified atom stereocenters. The monoisotopic (exact) mass is 220 g/mol. The van der Waals surface area contributed by atoms with E-state index >= 15 is 0 Å². The highest BCUT2D eigenvalue weighted by atomic mass is 16.2. The largest absolute Gasteiger partial charge is 0.273 e. The standard InChI is InChI=1S/C13H20N2O/c1-8(9-6-7-9)14-15-13(16)12-10-4-2-3-5-11(10)12/h9-12H,2-7H2,1H3,(H,15,16). The molecule has 3 heteroatoms. The molecular formula is C13H20N2O. The van der Waals surface area contributed by atoms with Crippen LogP contribution in [0.3, 0.4) is 0 Å². The first-order chi connectivity index (χ1) is 7.77. The highest BCUT2D eigenvalue weighted by molar-refractivity contribution is 5.89. The Morgan fingerprint density at radius 1 is 1.12 bits per heavy atom. The van der Waals surface area contributed by atoms with Gasteiger partial charge >= 0.3 is 0 Å². The van der Waals surface area contributed by atoms with Crippen LogP contribution >= 0.6 is 0 Å². The molecule has 3 saturated carbocycles. The average Bonchev–Trinajstić information content (AvgIpc) is 3.16. The van der Waals surface area contributed by atoms with Crippen LogP contribution in [0, 0.1) is 23.7 Å². The quantitative estimate of drug-likeness (QED) is 0.575. The second-order valence-electron chi connectivity index (χ2n) is 5.64. The summed E-state index contributed by atoms with van der Waals surface area (Å²) >= 11 is 0. The molecule has 3 aliphatic carbocycles. The van der Waals surface area contributed by atoms with Crippen LogP contribution in [0.5, 0.6) is 0 Å². The molecule has 0 aliphatic heterocycles. The van der Waals surface area contributed by atoms with E-state index in [1.54, 1.807) is 0 Å². The molecule has 16 heavy (non-hydrogen) atoms. The molecule has 0 aromatic heterocycles. The van der Waals surface area contributed by atoms with E-state index in [2.05, 4.69) is 10.5 Å². The minimum absolute atomic E-state index is 0.178. The van der Waals surface area contributed by atoms with E-state index in [0.29, 0.717) is 23.7 Å². The van der Waals surface area contributed by atoms with Crippen LogP contribution in [0.2, 0.25) is 0 Å². The van der Waals surface area contributed by atoms with E-state index in [9.17, 15) is 4.79 Å². The van der Waals surface area contributed by atoms with Gasteiger partial charge in [0, 0.05) is 11.6 Å². The number of hydrogen-bond donors (Lipinski definition) is 1. The van der Waals surface area contributed by atoms with Gasteiger partial charge in [-0.2, -0.15) is 5.10 Å². The summed E-state index contributed by atoms with van der Waals surface area (Å²) in [4.78, 5) is 11.9. The number of nitrogens with zero attached hydrogens (tertiary/aromatic N) is 1. The van der Waals surface area contributed by atoms with Crippen LogP contribution in [-0.2, 0) is 4.79 Å². The molecule has 0 aromatic rings. The lowest BCUT2D eigenvalue weighted by Gasteiger charge is -2.04. The van der Waals surface area contributed by atoms with Gasteiger partial charge in [-0.1, -0.05) is 12.8 Å². The molecule has 0 spiro atoms. The summed E-state index contributed by atoms with van der Waals surface area (Å²) in [6.45, 7) is 2.03. The summed E-state index contributed by atoms with van der Waals surface area (Å²) in [5, 5.41) is 4.22. The molecular weight excluding hydrogens is 200 g/mol. The average molecular weight is 220 g/mol. The Bertz CT molecular complexity index is 321. The minimum Gasteiger partial charge on any atom is -0.273 e. The SMILES string of the molecule is CC(=NNC(=O)C1C2CCCCC21)C1CC1. The summed E-state index contributed by atoms with van der Waals surface area (Å²) in [5.74, 6) is 2.49. The molecule has 3 fully saturated rings. The molecule has 0 aromatic carbocycles. The van der Waals surface area contributed by atoms with Crippen molar-refractivity contribution in [3.05, 3.63) is 0 Å². The predicted molar refractivity (Wildman–Crippen MR) is 62.9 cm³/mol. The summed E-state index contributed by atoms with van der Waals surface area (Å²) in [6.07, 6.45) is 7.65. The normalized spacial score (nSPS) is 37.8. The van der Waals surface area contributed by atoms with Crippen LogP contribution in [0.1, 0.15) is 45.4 Å². The topological polar surface area (TPSA) is 41.5 Å². The first kappa shape index (κ1) is 10.3. The van der Waals surface area contributed by atoms with Gasteiger partial charge in [0.15, 0.2) is 0 Å². The molecule has 0 saturated heterocycles. The summed E-state index contributed by atoms with van der Waals surface area (Å²) < 4.78 is 0. The third-order valence-corrected chi connectivity index (χ3v) is 4.47. The smallest absolute Gasteiger partial charge is 0.243 e. The zero-order valence-electron chi connectivity index (χ0n) is 9.91. The van der Waals surface area contributed by atoms with Gasteiger partial charge in [0.2, 0.25) is 5.91 Å². The number of hydrogen-bond acceptors (Lipinski definition) is 2. The summed E-state index contributed by atoms with van der Waals surface area (Å²) in [5.41, 5.74) is 3.88. The fourth-order valence-corrected chi connectivity index (χ4v) is 3.19. The van der Waals surface area contributed by atoms with E-state index in [4.69, 9.17) is 0 Å². The highest BCUT2D eigenvalue weighted by Gasteiger charge is 2.54. The van der Waals surface area contributed by atoms with E-state index in [1.165, 1.54) is 38.5 Å². The van der Waals surface area contributed by atoms with Crippen molar-refractivity contribution < 1.29 is 4.79 Å². The van der Waals surface area contributed by atoms with Crippen LogP contribution in [0.15, 0.2) is 5.10 Å². The van der Waals surface area contributed by atoms with Crippen LogP contribution < -0.4 is 5.43 Å². The minimum atomic E-state index is 0.178. The maximum atomic E-state index is 11.9. The van der Waals surface area contributed by atoms with Gasteiger partial charge in [-0.15, -0.1) is 0 Å². The second kappa shape index (κ2) is 3.86. The predicted octanol–water partition coefficient (Wildman–Crippen LogP) is 2.32. The number of amides is 1. The van der Waals surface area contributed by atoms with Crippen molar-refractivity contribution in [2.45, 2.75) is 45.4 Å². The molecule has 88 valence electrons. The van der Waals surface area contributed by atoms with E-state index in [-0.39, 0.29) is 5.91 Å². The van der Waals surface area contributed by atoms with Crippen molar-refractivity contribution in [2.24, 2.45) is 28.8 Å². The fraction of sp³-hybridized carbons (Fsp3) is 0.846. The van der Waals surface area contributed by atoms with Crippen molar-refractivity contribution in [3.63, 3.8) is 0 Å². The Kier molecular flexibility index (Phi) is 2.49. The van der Waals surface area contributed by atoms with Gasteiger partial charge in [0.1, 0.15) is 0 Å². The van der Waals surface area contributed by atoms with E-state index in [0.717, 1.165) is 5.71 Å². The van der Waals surface area contributed by atoms with Gasteiger partial charge < -0.3 is 0 Å². The van der Waals surface area contributed by atoms with Crippen molar-refractivity contribution >= 4 is 11.6 Å². The van der Waals surface area contributed by atoms with Crippen molar-refractivity contribution in [3.8, 4) is 0 Å². The summed E-state index contributed by atoms with van der Waals surface area (Å²) in [6, 6.07) is 0. The lowest BCUT2D eigenvalue weighted by atomic mass is 10.0. The number of hydrazone groups is 1. The molecule has 3 rings (SSSR count). The Morgan fingerprint density at radius 3 is 2.31 bits per heavy atom. The molecule has 3 nitrogen and oxygen atoms in total. The lowest BCUT2D eigenvalue weighted by molar-refractivity contribution is -0.122. The first-order valence-corrected chi connectivity index (χ1v) is 6.61. The molecule has 1 N–H and O–H groups in total. The van der Waals surface area contributed by atoms with Gasteiger partial charge in [-0.3, -0.25) is 4.79 Å². The third kappa shape index (κ3) is 1.87. The number of rotatable bonds is 3. The number of fused-ring (bicyclic) bond motifs is 1. The Hall–Kier alpha value is -0.860. The van der Waals surface area contributed by atoms with Gasteiger partial charge in [-0.25, -0.2) is 5.43 Å². The van der Waals surface area contributed by atoms with Gasteiger partial charge in [-0.05, 0) is 50.4 Å².